The van der Waals surface area contributed by atoms with Crippen molar-refractivity contribution in [3.63, 3.8) is 0 Å². The summed E-state index contributed by atoms with van der Waals surface area (Å²) in [5, 5.41) is 53.1. The topological polar surface area (TPSA) is 168 Å². The number of ether oxygens (including phenoxy) is 1. The molecule has 0 radical (unpaired) electrons. The number of rotatable bonds is 4. The maximum atomic E-state index is 10.7. The Morgan fingerprint density at radius 2 is 1.75 bits per heavy atom. The molecule has 20 heavy (non-hydrogen) atoms. The minimum atomic E-state index is -1.73. The van der Waals surface area contributed by atoms with E-state index in [2.05, 4.69) is 4.74 Å². The van der Waals surface area contributed by atoms with Gasteiger partial charge in [0.2, 0.25) is 0 Å². The number of esters is 1. The summed E-state index contributed by atoms with van der Waals surface area (Å²) in [6.45, 7) is -0.662. The van der Waals surface area contributed by atoms with Crippen molar-refractivity contribution in [3.8, 4) is 0 Å². The van der Waals surface area contributed by atoms with Crippen LogP contribution in [0, 0.1) is 0 Å². The molecule has 4 atom stereocenters. The zero-order valence-corrected chi connectivity index (χ0v) is 13.0. The molecule has 1 aliphatic heterocycles. The van der Waals surface area contributed by atoms with E-state index in [9.17, 15) is 14.7 Å². The number of aliphatic carboxylic acids is 1. The number of hydrogen-bond donors (Lipinski definition) is 5. The van der Waals surface area contributed by atoms with E-state index in [0.29, 0.717) is 6.42 Å². The molecule has 1 fully saturated rings. The average molecular weight is 304 g/mol. The molecule has 0 aliphatic carbocycles. The van der Waals surface area contributed by atoms with Crippen LogP contribution in [0.5, 0.6) is 0 Å². The second-order valence-electron chi connectivity index (χ2n) is 3.78. The van der Waals surface area contributed by atoms with Crippen LogP contribution < -0.4 is 34.7 Å². The van der Waals surface area contributed by atoms with Crippen molar-refractivity contribution >= 4 is 11.9 Å². The number of aliphatic hydroxyl groups excluding tert-OH is 5. The maximum Gasteiger partial charge on any atom is 1.00 e. The summed E-state index contributed by atoms with van der Waals surface area (Å²) in [6, 6.07) is 0. The van der Waals surface area contributed by atoms with Crippen molar-refractivity contribution in [2.24, 2.45) is 0 Å². The van der Waals surface area contributed by atoms with E-state index in [1.54, 1.807) is 0 Å². The predicted molar refractivity (Wildman–Crippen MR) is 56.3 cm³/mol. The molecule has 0 bridgehead atoms. The van der Waals surface area contributed by atoms with Gasteiger partial charge in [-0.1, -0.05) is 0 Å². The third kappa shape index (κ3) is 7.50. The first-order chi connectivity index (χ1) is 8.84. The molecular formula is C10H17NaO9. The SMILES string of the molecule is O=C([O-])CCCO.O=C1O[C@H](CO)[C@@H](O)[C@H](O)[C@H]1O.[Na+]. The molecule has 0 unspecified atom stereocenters. The van der Waals surface area contributed by atoms with Gasteiger partial charge in [0.1, 0.15) is 12.2 Å². The Kier molecular flexibility index (Phi) is 12.6. The van der Waals surface area contributed by atoms with E-state index in [1.807, 2.05) is 0 Å². The van der Waals surface area contributed by atoms with E-state index in [0.717, 1.165) is 0 Å². The van der Waals surface area contributed by atoms with Crippen molar-refractivity contribution < 1.29 is 74.5 Å². The summed E-state index contributed by atoms with van der Waals surface area (Å²) in [5.74, 6) is -2.14. The van der Waals surface area contributed by atoms with Gasteiger partial charge in [0.15, 0.2) is 12.2 Å². The zero-order valence-electron chi connectivity index (χ0n) is 11.0. The van der Waals surface area contributed by atoms with Crippen LogP contribution in [0.2, 0.25) is 0 Å². The second kappa shape index (κ2) is 11.4. The first-order valence-corrected chi connectivity index (χ1v) is 5.51. The molecule has 10 heteroatoms. The van der Waals surface area contributed by atoms with Gasteiger partial charge in [-0.2, -0.15) is 0 Å². The van der Waals surface area contributed by atoms with Crippen LogP contribution in [0.1, 0.15) is 12.8 Å². The molecule has 0 saturated carbocycles. The fourth-order valence-electron chi connectivity index (χ4n) is 1.20. The average Bonchev–Trinajstić information content (AvgIpc) is 2.38. The fourth-order valence-corrected chi connectivity index (χ4v) is 1.20. The van der Waals surface area contributed by atoms with E-state index < -0.39 is 43.0 Å². The van der Waals surface area contributed by atoms with Gasteiger partial charge in [0.05, 0.1) is 6.61 Å². The van der Waals surface area contributed by atoms with Gasteiger partial charge in [0.25, 0.3) is 0 Å². The van der Waals surface area contributed by atoms with Gasteiger partial charge in [-0.3, -0.25) is 0 Å². The van der Waals surface area contributed by atoms with Crippen LogP contribution in [0.3, 0.4) is 0 Å². The van der Waals surface area contributed by atoms with Crippen LogP contribution in [0.15, 0.2) is 0 Å². The van der Waals surface area contributed by atoms with Crippen LogP contribution in [-0.4, -0.2) is 75.1 Å². The maximum absolute atomic E-state index is 10.7. The number of aliphatic hydroxyl groups is 5. The van der Waals surface area contributed by atoms with Gasteiger partial charge in [-0.15, -0.1) is 0 Å². The largest absolute Gasteiger partial charge is 1.00 e. The molecule has 0 spiro atoms. The molecule has 1 saturated heterocycles. The van der Waals surface area contributed by atoms with Gasteiger partial charge >= 0.3 is 35.5 Å². The molecular weight excluding hydrogens is 287 g/mol. The number of carbonyl (C=O) groups is 2. The zero-order chi connectivity index (χ0) is 15.0. The fraction of sp³-hybridized carbons (Fsp3) is 0.800. The van der Waals surface area contributed by atoms with Crippen molar-refractivity contribution in [1.82, 2.24) is 0 Å². The first kappa shape index (κ1) is 22.0. The Labute approximate surface area is 137 Å². The van der Waals surface area contributed by atoms with E-state index >= 15 is 0 Å². The van der Waals surface area contributed by atoms with Crippen molar-refractivity contribution in [2.75, 3.05) is 13.2 Å². The van der Waals surface area contributed by atoms with Crippen LogP contribution in [0.4, 0.5) is 0 Å². The molecule has 0 amide bonds. The summed E-state index contributed by atoms with van der Waals surface area (Å²) >= 11 is 0. The summed E-state index contributed by atoms with van der Waals surface area (Å²) in [5.41, 5.74) is 0. The number of carboxylic acid groups (broad SMARTS) is 1. The first-order valence-electron chi connectivity index (χ1n) is 5.51. The van der Waals surface area contributed by atoms with Crippen LogP contribution in [0.25, 0.3) is 0 Å². The quantitative estimate of drug-likeness (QED) is 0.250. The van der Waals surface area contributed by atoms with Gasteiger partial charge in [0, 0.05) is 12.6 Å². The minimum absolute atomic E-state index is 0. The van der Waals surface area contributed by atoms with E-state index in [-0.39, 0.29) is 42.6 Å². The van der Waals surface area contributed by atoms with Crippen LogP contribution in [-0.2, 0) is 14.3 Å². The monoisotopic (exact) mass is 304 g/mol. The van der Waals surface area contributed by atoms with Crippen molar-refractivity contribution in [1.29, 1.82) is 0 Å². The van der Waals surface area contributed by atoms with Gasteiger partial charge in [-0.25, -0.2) is 4.79 Å². The smallest absolute Gasteiger partial charge is 0.550 e. The number of carboxylic acids is 1. The molecule has 9 nitrogen and oxygen atoms in total. The molecule has 112 valence electrons. The molecule has 1 rings (SSSR count). The van der Waals surface area contributed by atoms with Gasteiger partial charge in [-0.05, 0) is 12.8 Å². The van der Waals surface area contributed by atoms with Gasteiger partial charge < -0.3 is 40.2 Å². The summed E-state index contributed by atoms with van der Waals surface area (Å²) in [6.07, 6.45) is -5.68. The normalized spacial score (nSPS) is 28.6. The number of cyclic esters (lactones) is 1. The standard InChI is InChI=1S/C6H10O6.C4H8O3.Na/c7-1-2-3(8)4(9)5(10)6(11)12-2;5-3-1-2-4(6)7;/h2-5,7-10H,1H2;5H,1-3H2,(H,6,7);/q;;+1/p-1/t2-,3-,4+,5-;;/m1../s1. The van der Waals surface area contributed by atoms with E-state index in [4.69, 9.17) is 25.5 Å². The Hall–Kier alpha value is -0.260. The molecule has 0 aromatic carbocycles. The predicted octanol–water partition coefficient (Wildman–Crippen LogP) is -7.50. The van der Waals surface area contributed by atoms with E-state index in [1.165, 1.54) is 0 Å². The Morgan fingerprint density at radius 3 is 2.10 bits per heavy atom. The third-order valence-electron chi connectivity index (χ3n) is 2.28. The Morgan fingerprint density at radius 1 is 1.20 bits per heavy atom. The molecule has 1 aliphatic rings. The molecule has 1 heterocycles. The summed E-state index contributed by atoms with van der Waals surface area (Å²) in [7, 11) is 0. The number of hydrogen-bond acceptors (Lipinski definition) is 9. The summed E-state index contributed by atoms with van der Waals surface area (Å²) in [4.78, 5) is 20.2. The second-order valence-corrected chi connectivity index (χ2v) is 3.78. The minimum Gasteiger partial charge on any atom is -0.550 e. The molecule has 0 aromatic rings. The Balaban J connectivity index is 0. The third-order valence-corrected chi connectivity index (χ3v) is 2.28. The molecule has 0 aromatic heterocycles. The van der Waals surface area contributed by atoms with Crippen molar-refractivity contribution in [2.45, 2.75) is 37.3 Å². The van der Waals surface area contributed by atoms with Crippen LogP contribution >= 0.6 is 0 Å². The Bertz CT molecular complexity index is 296. The number of carbonyl (C=O) groups excluding carboxylic acids is 2. The summed E-state index contributed by atoms with van der Waals surface area (Å²) < 4.78 is 4.38. The van der Waals surface area contributed by atoms with Crippen molar-refractivity contribution in [3.05, 3.63) is 0 Å². The molecule has 5 N–H and O–H groups in total.